The first-order valence-electron chi connectivity index (χ1n) is 12.0. The molecule has 0 aromatic heterocycles. The number of ether oxygens (including phenoxy) is 4. The van der Waals surface area contributed by atoms with E-state index in [-0.39, 0.29) is 34.6 Å². The zero-order valence-corrected chi connectivity index (χ0v) is 19.8. The van der Waals surface area contributed by atoms with Crippen LogP contribution in [0.25, 0.3) is 0 Å². The van der Waals surface area contributed by atoms with E-state index in [4.69, 9.17) is 18.9 Å². The monoisotopic (exact) mass is 433 g/mol. The van der Waals surface area contributed by atoms with Gasteiger partial charge >= 0.3 is 0 Å². The molecule has 7 atom stereocenters. The van der Waals surface area contributed by atoms with Crippen molar-refractivity contribution >= 4 is 5.78 Å². The van der Waals surface area contributed by atoms with Gasteiger partial charge in [0.1, 0.15) is 0 Å². The molecule has 0 radical (unpaired) electrons. The standard InChI is InChI=1S/C25H39NO5/c1-6-26-13-23(15-28-2)10-9-21(29-3)24(14-26)18-12-17-19(27)11-16(7-8-20(23)24)22(18)25(17,30-4)31-5/h11,17-18,20-22H,6-10,12-15H2,1-5H3/t17-,18-,20-,21+,22-,23+,24+/m1/s1. The smallest absolute Gasteiger partial charge is 0.184 e. The van der Waals surface area contributed by atoms with Crippen molar-refractivity contribution in [3.63, 3.8) is 0 Å². The molecular formula is C25H39NO5. The molecule has 0 amide bonds. The minimum Gasteiger partial charge on any atom is -0.384 e. The predicted octanol–water partition coefficient (Wildman–Crippen LogP) is 2.91. The zero-order chi connectivity index (χ0) is 22.0. The summed E-state index contributed by atoms with van der Waals surface area (Å²) in [7, 11) is 7.18. The van der Waals surface area contributed by atoms with Crippen molar-refractivity contribution in [3.05, 3.63) is 11.6 Å². The molecule has 0 N–H and O–H groups in total. The first-order chi connectivity index (χ1) is 15.0. The quantitative estimate of drug-likeness (QED) is 0.601. The number of likely N-dealkylation sites (tertiary alicyclic amines) is 1. The minimum absolute atomic E-state index is 0.0261. The number of piperidine rings is 1. The highest BCUT2D eigenvalue weighted by atomic mass is 16.7. The van der Waals surface area contributed by atoms with Gasteiger partial charge in [-0.1, -0.05) is 12.5 Å². The molecule has 4 aliphatic carbocycles. The molecule has 0 spiro atoms. The van der Waals surface area contributed by atoms with Crippen LogP contribution in [0.1, 0.15) is 39.0 Å². The Bertz CT molecular complexity index is 763. The zero-order valence-electron chi connectivity index (χ0n) is 19.8. The molecule has 6 heteroatoms. The second-order valence-electron chi connectivity index (χ2n) is 10.7. The molecule has 6 nitrogen and oxygen atoms in total. The number of carbonyl (C=O) groups excluding carboxylic acids is 1. The number of fused-ring (bicyclic) bond motifs is 1. The van der Waals surface area contributed by atoms with E-state index in [1.54, 1.807) is 14.2 Å². The average Bonchev–Trinajstić information content (AvgIpc) is 2.95. The fraction of sp³-hybridized carbons (Fsp3) is 0.880. The summed E-state index contributed by atoms with van der Waals surface area (Å²) in [6, 6.07) is 0. The summed E-state index contributed by atoms with van der Waals surface area (Å²) in [4.78, 5) is 15.8. The number of methoxy groups -OCH3 is 4. The Labute approximate surface area is 186 Å². The summed E-state index contributed by atoms with van der Waals surface area (Å²) in [5, 5.41) is 0. The number of nitrogens with zero attached hydrogens (tertiary/aromatic N) is 1. The van der Waals surface area contributed by atoms with Gasteiger partial charge in [0, 0.05) is 58.3 Å². The predicted molar refractivity (Wildman–Crippen MR) is 117 cm³/mol. The average molecular weight is 434 g/mol. The van der Waals surface area contributed by atoms with Crippen molar-refractivity contribution in [2.24, 2.45) is 34.5 Å². The van der Waals surface area contributed by atoms with Gasteiger partial charge in [-0.25, -0.2) is 0 Å². The van der Waals surface area contributed by atoms with Crippen LogP contribution in [0.15, 0.2) is 11.6 Å². The Hall–Kier alpha value is -0.790. The van der Waals surface area contributed by atoms with Gasteiger partial charge in [-0.05, 0) is 56.6 Å². The highest BCUT2D eigenvalue weighted by Gasteiger charge is 2.73. The number of hydrogen-bond donors (Lipinski definition) is 0. The summed E-state index contributed by atoms with van der Waals surface area (Å²) < 4.78 is 24.5. The van der Waals surface area contributed by atoms with Crippen molar-refractivity contribution in [2.45, 2.75) is 50.9 Å². The van der Waals surface area contributed by atoms with Crippen LogP contribution in [0, 0.1) is 34.5 Å². The van der Waals surface area contributed by atoms with Gasteiger partial charge in [0.15, 0.2) is 11.6 Å². The lowest BCUT2D eigenvalue weighted by Crippen LogP contribution is -2.69. The van der Waals surface area contributed by atoms with Gasteiger partial charge in [-0.3, -0.25) is 4.79 Å². The van der Waals surface area contributed by atoms with Gasteiger partial charge in [0.05, 0.1) is 18.6 Å². The number of ketones is 1. The first kappa shape index (κ1) is 22.0. The largest absolute Gasteiger partial charge is 0.384 e. The van der Waals surface area contributed by atoms with Crippen molar-refractivity contribution in [3.8, 4) is 0 Å². The molecule has 0 unspecified atom stereocenters. The maximum atomic E-state index is 13.2. The summed E-state index contributed by atoms with van der Waals surface area (Å²) in [6.07, 6.45) is 7.17. The van der Waals surface area contributed by atoms with Crippen LogP contribution in [0.3, 0.4) is 0 Å². The third kappa shape index (κ3) is 2.66. The van der Waals surface area contributed by atoms with E-state index in [9.17, 15) is 4.79 Å². The van der Waals surface area contributed by atoms with Crippen LogP contribution in [0.4, 0.5) is 0 Å². The highest BCUT2D eigenvalue weighted by Crippen LogP contribution is 2.70. The van der Waals surface area contributed by atoms with Gasteiger partial charge in [0.25, 0.3) is 0 Å². The summed E-state index contributed by atoms with van der Waals surface area (Å²) >= 11 is 0. The summed E-state index contributed by atoms with van der Waals surface area (Å²) in [6.45, 7) is 6.21. The fourth-order valence-electron chi connectivity index (χ4n) is 9.15. The molecule has 5 rings (SSSR count). The molecule has 1 aliphatic heterocycles. The lowest BCUT2D eigenvalue weighted by Gasteiger charge is -2.66. The number of hydrogen-bond acceptors (Lipinski definition) is 6. The van der Waals surface area contributed by atoms with Crippen LogP contribution in [-0.2, 0) is 23.7 Å². The molecule has 0 aromatic carbocycles. The Morgan fingerprint density at radius 2 is 1.90 bits per heavy atom. The minimum atomic E-state index is -0.844. The van der Waals surface area contributed by atoms with Crippen molar-refractivity contribution < 1.29 is 23.7 Å². The van der Waals surface area contributed by atoms with E-state index in [2.05, 4.69) is 11.8 Å². The molecular weight excluding hydrogens is 394 g/mol. The lowest BCUT2D eigenvalue weighted by molar-refractivity contribution is -0.259. The van der Waals surface area contributed by atoms with E-state index in [1.165, 1.54) is 5.57 Å². The SMILES string of the molecule is CCN1C[C@]2(COC)CC[C@H](OC)[C@@]3(C1)[C@@H]1C[C@@H]4C(=O)C=C(CC[C@H]23)[C@H]1C4(OC)OC. The van der Waals surface area contributed by atoms with Crippen LogP contribution < -0.4 is 0 Å². The fourth-order valence-corrected chi connectivity index (χ4v) is 9.15. The molecule has 174 valence electrons. The van der Waals surface area contributed by atoms with Gasteiger partial charge in [0.2, 0.25) is 0 Å². The van der Waals surface area contributed by atoms with Gasteiger partial charge < -0.3 is 23.8 Å². The normalized spacial score (nSPS) is 45.8. The Balaban J connectivity index is 1.72. The van der Waals surface area contributed by atoms with Crippen LogP contribution in [-0.4, -0.2) is 77.3 Å². The van der Waals surface area contributed by atoms with E-state index >= 15 is 0 Å². The second kappa shape index (κ2) is 7.63. The number of allylic oxidation sites excluding steroid dienone is 1. The third-order valence-electron chi connectivity index (χ3n) is 10.0. The van der Waals surface area contributed by atoms with E-state index in [0.717, 1.165) is 58.3 Å². The van der Waals surface area contributed by atoms with Crippen LogP contribution in [0.2, 0.25) is 0 Å². The third-order valence-corrected chi connectivity index (χ3v) is 10.0. The van der Waals surface area contributed by atoms with Gasteiger partial charge in [-0.2, -0.15) is 0 Å². The molecule has 1 saturated heterocycles. The topological polar surface area (TPSA) is 57.2 Å². The number of carbonyl (C=O) groups is 1. The molecule has 0 aromatic rings. The highest BCUT2D eigenvalue weighted by molar-refractivity contribution is 5.95. The number of rotatable bonds is 6. The summed E-state index contributed by atoms with van der Waals surface area (Å²) in [5.41, 5.74) is 1.36. The van der Waals surface area contributed by atoms with Gasteiger partial charge in [-0.15, -0.1) is 0 Å². The van der Waals surface area contributed by atoms with E-state index < -0.39 is 5.79 Å². The van der Waals surface area contributed by atoms with Crippen molar-refractivity contribution in [1.82, 2.24) is 4.90 Å². The Morgan fingerprint density at radius 3 is 2.55 bits per heavy atom. The Morgan fingerprint density at radius 1 is 1.13 bits per heavy atom. The lowest BCUT2D eigenvalue weighted by atomic mass is 9.46. The molecule has 31 heavy (non-hydrogen) atoms. The molecule has 4 fully saturated rings. The molecule has 4 bridgehead atoms. The van der Waals surface area contributed by atoms with Crippen molar-refractivity contribution in [2.75, 3.05) is 54.7 Å². The molecule has 5 aliphatic rings. The first-order valence-corrected chi connectivity index (χ1v) is 12.0. The van der Waals surface area contributed by atoms with E-state index in [1.807, 2.05) is 20.3 Å². The maximum Gasteiger partial charge on any atom is 0.184 e. The Kier molecular flexibility index (Phi) is 5.42. The maximum absolute atomic E-state index is 13.2. The summed E-state index contributed by atoms with van der Waals surface area (Å²) in [5.74, 6) is 0.0366. The second-order valence-corrected chi connectivity index (χ2v) is 10.7. The van der Waals surface area contributed by atoms with Crippen LogP contribution in [0.5, 0.6) is 0 Å². The van der Waals surface area contributed by atoms with Crippen LogP contribution >= 0.6 is 0 Å². The molecule has 3 saturated carbocycles. The van der Waals surface area contributed by atoms with E-state index in [0.29, 0.717) is 11.8 Å². The molecule has 1 heterocycles. The van der Waals surface area contributed by atoms with Crippen molar-refractivity contribution in [1.29, 1.82) is 0 Å².